The Hall–Kier alpha value is -5.77. The minimum atomic E-state index is 0.0304. The van der Waals surface area contributed by atoms with Crippen LogP contribution < -0.4 is 9.64 Å². The van der Waals surface area contributed by atoms with Gasteiger partial charge in [0.15, 0.2) is 0 Å². The predicted molar refractivity (Wildman–Crippen MR) is 250 cm³/mol. The molecule has 2 atom stereocenters. The minimum absolute atomic E-state index is 0.0304. The second-order valence-corrected chi connectivity index (χ2v) is 19.6. The van der Waals surface area contributed by atoms with Gasteiger partial charge < -0.3 is 0 Å². The molecule has 62 heavy (non-hydrogen) atoms. The molecule has 0 amide bonds. The monoisotopic (exact) mass is 991 g/mol. The molecule has 2 aromatic heterocycles. The van der Waals surface area contributed by atoms with Gasteiger partial charge in [0.25, 0.3) is 0 Å². The molecule has 6 heteroatoms. The van der Waals surface area contributed by atoms with Gasteiger partial charge in [0.1, 0.15) is 0 Å². The number of hydrogen-bond donors (Lipinski definition) is 0. The van der Waals surface area contributed by atoms with Crippen LogP contribution in [0.2, 0.25) is 0 Å². The maximum absolute atomic E-state index is 6.96. The van der Waals surface area contributed by atoms with Crippen LogP contribution in [0.1, 0.15) is 82.8 Å². The predicted octanol–water partition coefficient (Wildman–Crippen LogP) is 14.7. The Balaban J connectivity index is 1.03. The summed E-state index contributed by atoms with van der Waals surface area (Å²) in [6.45, 7) is 6.91. The summed E-state index contributed by atoms with van der Waals surface area (Å²) in [6.07, 6.45) is 10.9. The first-order valence-corrected chi connectivity index (χ1v) is 23.5. The maximum atomic E-state index is 6.96. The van der Waals surface area contributed by atoms with E-state index in [0.29, 0.717) is 11.8 Å². The van der Waals surface area contributed by atoms with Crippen molar-refractivity contribution < 1.29 is 24.1 Å². The number of para-hydroxylation sites is 3. The molecular weight excluding hydrogens is 940 g/mol. The fourth-order valence-electron chi connectivity index (χ4n) is 11.3. The van der Waals surface area contributed by atoms with E-state index in [2.05, 4.69) is 212 Å². The number of rotatable bonds is 7. The van der Waals surface area contributed by atoms with Crippen molar-refractivity contribution in [2.75, 3.05) is 4.90 Å². The summed E-state index contributed by atoms with van der Waals surface area (Å²) in [4.78, 5) is 7.83. The summed E-state index contributed by atoms with van der Waals surface area (Å²) in [6, 6.07) is 57.0. The first kappa shape index (κ1) is 39.1. The molecule has 0 N–H and O–H groups in total. The van der Waals surface area contributed by atoms with Crippen molar-refractivity contribution in [1.82, 2.24) is 14.1 Å². The molecule has 312 valence electrons. The number of hydrogen-bond acceptors (Lipinski definition) is 3. The summed E-state index contributed by atoms with van der Waals surface area (Å²) in [5.74, 6) is 3.96. The van der Waals surface area contributed by atoms with Crippen molar-refractivity contribution in [2.45, 2.75) is 82.6 Å². The van der Waals surface area contributed by atoms with E-state index in [-0.39, 0.29) is 11.0 Å². The number of imidazole rings is 1. The SMILES string of the molecule is CC(C)(C)c1ccnc(N2c3cc(Oc4cccc(-n5[c](=[Pt])n(-c6c(-c7ccccc7)cccc6-c6ccccc6)c6ccccc65)c4)ccc3C3CCCC3C23CCCC3)c1. The summed E-state index contributed by atoms with van der Waals surface area (Å²) in [7, 11) is 0. The summed E-state index contributed by atoms with van der Waals surface area (Å²) in [5.41, 5.74) is 13.3. The molecule has 2 fully saturated rings. The molecule has 6 aromatic carbocycles. The molecule has 0 radical (unpaired) electrons. The van der Waals surface area contributed by atoms with E-state index in [1.54, 1.807) is 0 Å². The number of anilines is 2. The van der Waals surface area contributed by atoms with Crippen LogP contribution in [-0.4, -0.2) is 19.7 Å². The molecular formula is C56H52N4OPt. The van der Waals surface area contributed by atoms with Crippen LogP contribution in [-0.2, 0) is 24.8 Å². The number of ether oxygens (including phenoxy) is 1. The Labute approximate surface area is 376 Å². The van der Waals surface area contributed by atoms with Gasteiger partial charge in [-0.2, -0.15) is 0 Å². The fourth-order valence-corrected chi connectivity index (χ4v) is 12.4. The van der Waals surface area contributed by atoms with E-state index >= 15 is 0 Å². The summed E-state index contributed by atoms with van der Waals surface area (Å²) < 4.78 is 12.8. The Morgan fingerprint density at radius 3 is 1.97 bits per heavy atom. The Kier molecular flexibility index (Phi) is 9.80. The second kappa shape index (κ2) is 15.5. The second-order valence-electron chi connectivity index (χ2n) is 18.6. The van der Waals surface area contributed by atoms with Crippen LogP contribution in [0.15, 0.2) is 164 Å². The molecule has 2 unspecified atom stereocenters. The molecule has 8 aromatic rings. The number of benzene rings is 6. The number of pyridine rings is 1. The third-order valence-corrected chi connectivity index (χ3v) is 15.1. The van der Waals surface area contributed by atoms with Gasteiger partial charge in [0.05, 0.1) is 0 Å². The van der Waals surface area contributed by atoms with E-state index in [1.807, 2.05) is 6.20 Å². The molecule has 0 saturated heterocycles. The van der Waals surface area contributed by atoms with Gasteiger partial charge in [-0.3, -0.25) is 0 Å². The van der Waals surface area contributed by atoms with Gasteiger partial charge in [-0.25, -0.2) is 0 Å². The van der Waals surface area contributed by atoms with Crippen LogP contribution in [0.5, 0.6) is 11.5 Å². The first-order valence-electron chi connectivity index (χ1n) is 22.4. The van der Waals surface area contributed by atoms with Crippen LogP contribution in [0.4, 0.5) is 11.5 Å². The molecule has 3 heterocycles. The number of nitrogens with zero attached hydrogens (tertiary/aromatic N) is 4. The van der Waals surface area contributed by atoms with Crippen molar-refractivity contribution in [3.8, 4) is 45.1 Å². The quantitative estimate of drug-likeness (QED) is 0.160. The molecule has 3 aliphatic rings. The van der Waals surface area contributed by atoms with Gasteiger partial charge in [0, 0.05) is 6.20 Å². The Morgan fingerprint density at radius 1 is 0.629 bits per heavy atom. The number of fused-ring (bicyclic) bond motifs is 5. The molecule has 2 aliphatic carbocycles. The van der Waals surface area contributed by atoms with Crippen molar-refractivity contribution in [3.05, 3.63) is 179 Å². The van der Waals surface area contributed by atoms with Crippen LogP contribution in [0.3, 0.4) is 0 Å². The minimum Gasteiger partial charge on any atom is -0.0510 e. The topological polar surface area (TPSA) is 35.2 Å². The zero-order chi connectivity index (χ0) is 42.0. The van der Waals surface area contributed by atoms with Crippen LogP contribution in [0, 0.1) is 9.72 Å². The van der Waals surface area contributed by atoms with E-state index in [1.165, 1.54) is 84.0 Å². The van der Waals surface area contributed by atoms with Gasteiger partial charge in [-0.05, 0) is 23.5 Å². The fraction of sp³-hybridized carbons (Fsp3) is 0.250. The standard InChI is InChI=1S/C56H52N4O.Pt/c1-55(2,3)41-31-34-57-53(35-41)60-52-37-44(29-30-48(52)47-25-16-26-49(47)56(60)32-12-13-33-56)61-43-22-14-21-42(36-43)58-38-59(51-28-11-10-27-50(51)58)54-45(39-17-6-4-7-18-39)23-15-24-46(54)40-19-8-5-9-20-40;/h4-11,14-15,17-24,27-31,34-37,47,49H,12-13,16,25-26,32-33H2,1-3H3;. The molecule has 1 aliphatic heterocycles. The van der Waals surface area contributed by atoms with Crippen molar-refractivity contribution >= 4 is 22.5 Å². The van der Waals surface area contributed by atoms with Crippen LogP contribution >= 0.6 is 0 Å². The summed E-state index contributed by atoms with van der Waals surface area (Å²) in [5, 5.41) is 0. The molecule has 5 nitrogen and oxygen atoms in total. The zero-order valence-corrected chi connectivity index (χ0v) is 38.0. The van der Waals surface area contributed by atoms with Gasteiger partial charge in [-0.1, -0.05) is 40.0 Å². The van der Waals surface area contributed by atoms with Gasteiger partial charge >= 0.3 is 308 Å². The van der Waals surface area contributed by atoms with E-state index in [9.17, 15) is 0 Å². The van der Waals surface area contributed by atoms with Gasteiger partial charge in [0.2, 0.25) is 0 Å². The van der Waals surface area contributed by atoms with Crippen molar-refractivity contribution in [1.29, 1.82) is 0 Å². The normalized spacial score (nSPS) is 18.0. The van der Waals surface area contributed by atoms with Crippen molar-refractivity contribution in [2.24, 2.45) is 5.92 Å². The zero-order valence-electron chi connectivity index (χ0n) is 35.7. The van der Waals surface area contributed by atoms with Crippen molar-refractivity contribution in [3.63, 3.8) is 0 Å². The third kappa shape index (κ3) is 6.54. The molecule has 2 saturated carbocycles. The Bertz CT molecular complexity index is 2950. The average Bonchev–Trinajstić information content (AvgIpc) is 4.06. The number of aromatic nitrogens is 3. The average molecular weight is 992 g/mol. The molecule has 1 spiro atoms. The van der Waals surface area contributed by atoms with Crippen LogP contribution in [0.25, 0.3) is 44.7 Å². The molecule has 11 rings (SSSR count). The van der Waals surface area contributed by atoms with E-state index < -0.39 is 0 Å². The van der Waals surface area contributed by atoms with E-state index in [0.717, 1.165) is 43.5 Å². The first-order chi connectivity index (χ1) is 30.3. The third-order valence-electron chi connectivity index (χ3n) is 14.0. The molecule has 0 bridgehead atoms. The van der Waals surface area contributed by atoms with Gasteiger partial charge in [-0.15, -0.1) is 0 Å². The Morgan fingerprint density at radius 2 is 1.27 bits per heavy atom. The smallest absolute Gasteiger partial charge is 0.0510 e. The van der Waals surface area contributed by atoms with E-state index in [4.69, 9.17) is 9.72 Å². The summed E-state index contributed by atoms with van der Waals surface area (Å²) >= 11 is 2.52.